The van der Waals surface area contributed by atoms with Gasteiger partial charge in [-0.05, 0) is 18.4 Å². The Morgan fingerprint density at radius 2 is 1.92 bits per heavy atom. The first-order valence-corrected chi connectivity index (χ1v) is 4.15. The van der Waals surface area contributed by atoms with E-state index in [1.165, 1.54) is 0 Å². The third-order valence-electron chi connectivity index (χ3n) is 1.58. The largest absolute Gasteiger partial charge is 0.385 e. The van der Waals surface area contributed by atoms with Crippen molar-refractivity contribution in [1.82, 2.24) is 9.97 Å². The summed E-state index contributed by atoms with van der Waals surface area (Å²) in [6.07, 6.45) is 3.48. The molecule has 0 bridgehead atoms. The lowest BCUT2D eigenvalue weighted by Gasteiger charge is -2.10. The monoisotopic (exact) mass is 166 g/mol. The maximum atomic E-state index is 9.57. The summed E-state index contributed by atoms with van der Waals surface area (Å²) in [6, 6.07) is 1.74. The highest BCUT2D eigenvalue weighted by molar-refractivity contribution is 4.92. The predicted molar refractivity (Wildman–Crippen MR) is 46.4 cm³/mol. The van der Waals surface area contributed by atoms with Crippen LogP contribution >= 0.6 is 0 Å². The van der Waals surface area contributed by atoms with E-state index in [-0.39, 0.29) is 0 Å². The third kappa shape index (κ3) is 2.58. The molecule has 0 aliphatic rings. The molecule has 1 unspecified atom stereocenters. The van der Waals surface area contributed by atoms with Crippen molar-refractivity contribution in [3.8, 4) is 0 Å². The van der Waals surface area contributed by atoms with Gasteiger partial charge in [-0.25, -0.2) is 9.97 Å². The molecule has 3 heteroatoms. The number of aliphatic hydroxyl groups is 1. The average molecular weight is 166 g/mol. The highest BCUT2D eigenvalue weighted by atomic mass is 16.3. The van der Waals surface area contributed by atoms with Gasteiger partial charge in [-0.3, -0.25) is 0 Å². The maximum absolute atomic E-state index is 9.57. The average Bonchev–Trinajstić information content (AvgIpc) is 2.05. The van der Waals surface area contributed by atoms with Crippen LogP contribution in [0.4, 0.5) is 0 Å². The molecule has 1 atom stereocenters. The Kier molecular flexibility index (Phi) is 3.17. The third-order valence-corrected chi connectivity index (χ3v) is 1.58. The zero-order valence-electron chi connectivity index (χ0n) is 7.44. The minimum absolute atomic E-state index is 0.462. The van der Waals surface area contributed by atoms with Crippen LogP contribution in [-0.2, 0) is 0 Å². The van der Waals surface area contributed by atoms with Gasteiger partial charge in [-0.2, -0.15) is 0 Å². The quantitative estimate of drug-likeness (QED) is 0.741. The molecule has 12 heavy (non-hydrogen) atoms. The molecule has 1 rings (SSSR count). The topological polar surface area (TPSA) is 46.0 Å². The van der Waals surface area contributed by atoms with Crippen LogP contribution < -0.4 is 0 Å². The molecule has 0 saturated heterocycles. The van der Waals surface area contributed by atoms with Crippen molar-refractivity contribution >= 4 is 0 Å². The standard InChI is InChI=1S/C9H14N2O/c1-7(2)6-8(12)9-10-4-3-5-11-9/h3-5,7-8,12H,6H2,1-2H3. The van der Waals surface area contributed by atoms with E-state index in [1.54, 1.807) is 18.5 Å². The summed E-state index contributed by atoms with van der Waals surface area (Å²) in [5.74, 6) is 0.981. The molecule has 1 aromatic rings. The fraction of sp³-hybridized carbons (Fsp3) is 0.556. The number of nitrogens with zero attached hydrogens (tertiary/aromatic N) is 2. The van der Waals surface area contributed by atoms with E-state index in [1.807, 2.05) is 0 Å². The van der Waals surface area contributed by atoms with Crippen LogP contribution in [-0.4, -0.2) is 15.1 Å². The van der Waals surface area contributed by atoms with Crippen molar-refractivity contribution in [1.29, 1.82) is 0 Å². The number of rotatable bonds is 3. The predicted octanol–water partition coefficient (Wildman–Crippen LogP) is 1.56. The van der Waals surface area contributed by atoms with E-state index in [0.29, 0.717) is 18.2 Å². The summed E-state index contributed by atoms with van der Waals surface area (Å²) in [6.45, 7) is 4.12. The molecule has 3 nitrogen and oxygen atoms in total. The Labute approximate surface area is 72.5 Å². The summed E-state index contributed by atoms with van der Waals surface area (Å²) in [4.78, 5) is 7.94. The zero-order valence-corrected chi connectivity index (χ0v) is 7.44. The molecule has 0 aliphatic heterocycles. The number of aliphatic hydroxyl groups excluding tert-OH is 1. The molecule has 0 spiro atoms. The van der Waals surface area contributed by atoms with Crippen molar-refractivity contribution in [2.24, 2.45) is 5.92 Å². The van der Waals surface area contributed by atoms with E-state index >= 15 is 0 Å². The van der Waals surface area contributed by atoms with Gasteiger partial charge in [-0.15, -0.1) is 0 Å². The first kappa shape index (κ1) is 9.13. The van der Waals surface area contributed by atoms with E-state index in [0.717, 1.165) is 0 Å². The van der Waals surface area contributed by atoms with Gasteiger partial charge in [0.05, 0.1) is 0 Å². The van der Waals surface area contributed by atoms with E-state index in [4.69, 9.17) is 0 Å². The van der Waals surface area contributed by atoms with Gasteiger partial charge >= 0.3 is 0 Å². The van der Waals surface area contributed by atoms with Gasteiger partial charge in [0.1, 0.15) is 6.10 Å². The highest BCUT2D eigenvalue weighted by Gasteiger charge is 2.11. The van der Waals surface area contributed by atoms with E-state index in [2.05, 4.69) is 23.8 Å². The first-order valence-electron chi connectivity index (χ1n) is 4.15. The summed E-state index contributed by atoms with van der Waals surface area (Å²) >= 11 is 0. The van der Waals surface area contributed by atoms with Crippen LogP contribution in [0.25, 0.3) is 0 Å². The minimum atomic E-state index is -0.522. The SMILES string of the molecule is CC(C)CC(O)c1ncccn1. The van der Waals surface area contributed by atoms with Crippen LogP contribution in [0.3, 0.4) is 0 Å². The lowest BCUT2D eigenvalue weighted by atomic mass is 10.1. The molecule has 0 radical (unpaired) electrons. The van der Waals surface area contributed by atoms with Gasteiger partial charge < -0.3 is 5.11 Å². The van der Waals surface area contributed by atoms with Crippen LogP contribution in [0.15, 0.2) is 18.5 Å². The summed E-state index contributed by atoms with van der Waals surface area (Å²) in [5.41, 5.74) is 0. The lowest BCUT2D eigenvalue weighted by molar-refractivity contribution is 0.141. The fourth-order valence-electron chi connectivity index (χ4n) is 1.03. The fourth-order valence-corrected chi connectivity index (χ4v) is 1.03. The van der Waals surface area contributed by atoms with Crippen LogP contribution in [0, 0.1) is 5.92 Å². The molecular formula is C9H14N2O. The van der Waals surface area contributed by atoms with Gasteiger partial charge in [0, 0.05) is 12.4 Å². The van der Waals surface area contributed by atoms with Gasteiger partial charge in [0.2, 0.25) is 0 Å². The zero-order chi connectivity index (χ0) is 8.97. The smallest absolute Gasteiger partial charge is 0.156 e. The Morgan fingerprint density at radius 3 is 2.42 bits per heavy atom. The van der Waals surface area contributed by atoms with Gasteiger partial charge in [-0.1, -0.05) is 13.8 Å². The molecule has 1 aromatic heterocycles. The lowest BCUT2D eigenvalue weighted by Crippen LogP contribution is -2.05. The maximum Gasteiger partial charge on any atom is 0.156 e. The van der Waals surface area contributed by atoms with Crippen molar-refractivity contribution < 1.29 is 5.11 Å². The van der Waals surface area contributed by atoms with E-state index in [9.17, 15) is 5.11 Å². The molecular weight excluding hydrogens is 152 g/mol. The Balaban J connectivity index is 2.59. The summed E-state index contributed by atoms with van der Waals surface area (Å²) in [5, 5.41) is 9.57. The van der Waals surface area contributed by atoms with Gasteiger partial charge in [0.25, 0.3) is 0 Å². The van der Waals surface area contributed by atoms with Crippen molar-refractivity contribution in [3.05, 3.63) is 24.3 Å². The number of hydrogen-bond donors (Lipinski definition) is 1. The molecule has 0 amide bonds. The second-order valence-electron chi connectivity index (χ2n) is 3.25. The highest BCUT2D eigenvalue weighted by Crippen LogP contribution is 2.16. The minimum Gasteiger partial charge on any atom is -0.385 e. The molecule has 1 heterocycles. The second-order valence-corrected chi connectivity index (χ2v) is 3.25. The molecule has 1 N–H and O–H groups in total. The summed E-state index contributed by atoms with van der Waals surface area (Å²) in [7, 11) is 0. The van der Waals surface area contributed by atoms with Gasteiger partial charge in [0.15, 0.2) is 5.82 Å². The second kappa shape index (κ2) is 4.16. The first-order chi connectivity index (χ1) is 5.70. The molecule has 0 saturated carbocycles. The Bertz CT molecular complexity index is 223. The van der Waals surface area contributed by atoms with Crippen molar-refractivity contribution in [3.63, 3.8) is 0 Å². The Hall–Kier alpha value is -0.960. The normalized spacial score (nSPS) is 13.3. The van der Waals surface area contributed by atoms with Crippen molar-refractivity contribution in [2.75, 3.05) is 0 Å². The number of aromatic nitrogens is 2. The molecule has 0 fully saturated rings. The summed E-state index contributed by atoms with van der Waals surface area (Å²) < 4.78 is 0. The number of hydrogen-bond acceptors (Lipinski definition) is 3. The molecule has 0 aromatic carbocycles. The van der Waals surface area contributed by atoms with Crippen LogP contribution in [0.1, 0.15) is 32.2 Å². The van der Waals surface area contributed by atoms with Crippen LogP contribution in [0.2, 0.25) is 0 Å². The van der Waals surface area contributed by atoms with Crippen LogP contribution in [0.5, 0.6) is 0 Å². The molecule has 66 valence electrons. The van der Waals surface area contributed by atoms with Crippen molar-refractivity contribution in [2.45, 2.75) is 26.4 Å². The Morgan fingerprint density at radius 1 is 1.33 bits per heavy atom. The molecule has 0 aliphatic carbocycles. The van der Waals surface area contributed by atoms with E-state index < -0.39 is 6.10 Å².